The largest absolute Gasteiger partial charge is 0.360 e. The van der Waals surface area contributed by atoms with E-state index in [1.54, 1.807) is 0 Å². The number of nitrogens with zero attached hydrogens (tertiary/aromatic N) is 3. The summed E-state index contributed by atoms with van der Waals surface area (Å²) in [5.74, 6) is 1.35. The normalized spacial score (nSPS) is 19.2. The third-order valence-electron chi connectivity index (χ3n) is 4.28. The van der Waals surface area contributed by atoms with Crippen LogP contribution in [0.4, 0.5) is 11.8 Å². The number of hydrogen-bond donors (Lipinski definition) is 2. The fourth-order valence-electron chi connectivity index (χ4n) is 3.14. The number of rotatable bonds is 3. The molecule has 1 aliphatic heterocycles. The van der Waals surface area contributed by atoms with Crippen molar-refractivity contribution in [1.29, 1.82) is 0 Å². The van der Waals surface area contributed by atoms with Crippen molar-refractivity contribution in [3.8, 4) is 0 Å². The van der Waals surface area contributed by atoms with E-state index in [0.717, 1.165) is 18.9 Å². The number of nitrogens with one attached hydrogen (secondary N) is 2. The Bertz CT molecular complexity index is 527. The fourth-order valence-corrected chi connectivity index (χ4v) is 3.58. The summed E-state index contributed by atoms with van der Waals surface area (Å²) in [6.07, 6.45) is 8.63. The molecule has 1 aliphatic carbocycles. The van der Waals surface area contributed by atoms with Crippen LogP contribution in [0.3, 0.4) is 0 Å². The van der Waals surface area contributed by atoms with Crippen LogP contribution < -0.4 is 15.5 Å². The summed E-state index contributed by atoms with van der Waals surface area (Å²) in [5, 5.41) is 7.47. The van der Waals surface area contributed by atoms with Crippen LogP contribution in [0, 0.1) is 0 Å². The highest BCUT2D eigenvalue weighted by Crippen LogP contribution is 2.22. The lowest BCUT2D eigenvalue weighted by molar-refractivity contribution is 0.414. The minimum Gasteiger partial charge on any atom is -0.360 e. The molecule has 7 heteroatoms. The number of halogens is 1. The molecule has 1 aromatic heterocycles. The molecule has 2 aliphatic rings. The van der Waals surface area contributed by atoms with Gasteiger partial charge < -0.3 is 15.5 Å². The van der Waals surface area contributed by atoms with Crippen molar-refractivity contribution in [2.45, 2.75) is 51.0 Å². The van der Waals surface area contributed by atoms with Crippen LogP contribution in [0.1, 0.15) is 44.9 Å². The fraction of sp³-hybridized carbons (Fsp3) is 0.667. The van der Waals surface area contributed by atoms with E-state index in [9.17, 15) is 0 Å². The Morgan fingerprint density at radius 1 is 1.14 bits per heavy atom. The average molecular weight is 340 g/mol. The molecule has 0 radical (unpaired) electrons. The van der Waals surface area contributed by atoms with E-state index in [1.165, 1.54) is 44.9 Å². The van der Waals surface area contributed by atoms with Gasteiger partial charge in [0.1, 0.15) is 11.0 Å². The Labute approximate surface area is 141 Å². The summed E-state index contributed by atoms with van der Waals surface area (Å²) in [6.45, 7) is 2.05. The molecule has 22 heavy (non-hydrogen) atoms. The Hall–Kier alpha value is -1.14. The molecule has 0 spiro atoms. The Balaban J connectivity index is 1.62. The standard InChI is InChI=1S/C15H22ClN5S/c16-12-10-13(21-8-4-5-9-21)19-14(18-12)20-15(22)17-11-6-2-1-3-7-11/h10-11H,1-9H2,(H2,17,18,19,20,22). The first-order chi connectivity index (χ1) is 10.7. The Morgan fingerprint density at radius 3 is 2.59 bits per heavy atom. The average Bonchev–Trinajstić information content (AvgIpc) is 3.01. The van der Waals surface area contributed by atoms with Gasteiger partial charge in [0, 0.05) is 25.2 Å². The van der Waals surface area contributed by atoms with Crippen molar-refractivity contribution in [3.63, 3.8) is 0 Å². The predicted molar refractivity (Wildman–Crippen MR) is 94.7 cm³/mol. The van der Waals surface area contributed by atoms with Crippen LogP contribution in [0.5, 0.6) is 0 Å². The van der Waals surface area contributed by atoms with Gasteiger partial charge in [0.25, 0.3) is 0 Å². The van der Waals surface area contributed by atoms with Crippen LogP contribution in [0.25, 0.3) is 0 Å². The highest BCUT2D eigenvalue weighted by atomic mass is 35.5. The molecule has 0 bridgehead atoms. The predicted octanol–water partition coefficient (Wildman–Crippen LogP) is 3.35. The second-order valence-corrected chi connectivity index (χ2v) is 6.80. The van der Waals surface area contributed by atoms with Crippen molar-refractivity contribution in [3.05, 3.63) is 11.2 Å². The zero-order chi connectivity index (χ0) is 15.4. The smallest absolute Gasteiger partial charge is 0.232 e. The zero-order valence-electron chi connectivity index (χ0n) is 12.6. The van der Waals surface area contributed by atoms with Gasteiger partial charge in [-0.25, -0.2) is 4.98 Å². The molecule has 1 aromatic rings. The van der Waals surface area contributed by atoms with Crippen LogP contribution in [0.15, 0.2) is 6.07 Å². The number of hydrogen-bond acceptors (Lipinski definition) is 4. The van der Waals surface area contributed by atoms with Crippen LogP contribution in [-0.2, 0) is 0 Å². The molecule has 0 atom stereocenters. The maximum atomic E-state index is 6.12. The van der Waals surface area contributed by atoms with Gasteiger partial charge in [-0.3, -0.25) is 0 Å². The molecule has 5 nitrogen and oxygen atoms in total. The number of anilines is 2. The van der Waals surface area contributed by atoms with Crippen molar-refractivity contribution < 1.29 is 0 Å². The van der Waals surface area contributed by atoms with Crippen LogP contribution in [0.2, 0.25) is 5.15 Å². The first kappa shape index (κ1) is 15.7. The zero-order valence-corrected chi connectivity index (χ0v) is 14.2. The third-order valence-corrected chi connectivity index (χ3v) is 4.69. The molecule has 0 unspecified atom stereocenters. The summed E-state index contributed by atoms with van der Waals surface area (Å²) < 4.78 is 0. The van der Waals surface area contributed by atoms with Gasteiger partial charge in [-0.15, -0.1) is 0 Å². The Morgan fingerprint density at radius 2 is 1.86 bits per heavy atom. The topological polar surface area (TPSA) is 53.1 Å². The van der Waals surface area contributed by atoms with Gasteiger partial charge in [0.2, 0.25) is 5.95 Å². The van der Waals surface area contributed by atoms with Crippen molar-refractivity contribution in [1.82, 2.24) is 15.3 Å². The quantitative estimate of drug-likeness (QED) is 0.650. The molecular formula is C15H22ClN5S. The van der Waals surface area contributed by atoms with Crippen molar-refractivity contribution in [2.75, 3.05) is 23.3 Å². The minimum atomic E-state index is 0.444. The van der Waals surface area contributed by atoms with E-state index in [1.807, 2.05) is 6.07 Å². The highest BCUT2D eigenvalue weighted by molar-refractivity contribution is 7.80. The summed E-state index contributed by atoms with van der Waals surface area (Å²) >= 11 is 11.5. The lowest BCUT2D eigenvalue weighted by Gasteiger charge is -2.24. The van der Waals surface area contributed by atoms with Gasteiger partial charge in [-0.05, 0) is 37.9 Å². The van der Waals surface area contributed by atoms with Crippen molar-refractivity contribution >= 4 is 40.7 Å². The van der Waals surface area contributed by atoms with E-state index in [0.29, 0.717) is 22.3 Å². The molecule has 120 valence electrons. The number of aromatic nitrogens is 2. The van der Waals surface area contributed by atoms with E-state index in [-0.39, 0.29) is 0 Å². The van der Waals surface area contributed by atoms with Gasteiger partial charge in [-0.1, -0.05) is 30.9 Å². The maximum absolute atomic E-state index is 6.12. The first-order valence-electron chi connectivity index (χ1n) is 8.08. The molecule has 1 saturated heterocycles. The second-order valence-electron chi connectivity index (χ2n) is 6.00. The van der Waals surface area contributed by atoms with Crippen molar-refractivity contribution in [2.24, 2.45) is 0 Å². The Kier molecular flexibility index (Phi) is 5.31. The molecule has 3 rings (SSSR count). The van der Waals surface area contributed by atoms with Crippen LogP contribution in [-0.4, -0.2) is 34.2 Å². The molecule has 2 N–H and O–H groups in total. The second kappa shape index (κ2) is 7.42. The van der Waals surface area contributed by atoms with Crippen LogP contribution >= 0.6 is 23.8 Å². The van der Waals surface area contributed by atoms with E-state index in [4.69, 9.17) is 23.8 Å². The molecule has 0 aromatic carbocycles. The lowest BCUT2D eigenvalue weighted by Crippen LogP contribution is -2.39. The highest BCUT2D eigenvalue weighted by Gasteiger charge is 2.17. The number of thiocarbonyl (C=S) groups is 1. The molecular weight excluding hydrogens is 318 g/mol. The molecule has 0 amide bonds. The monoisotopic (exact) mass is 339 g/mol. The molecule has 2 fully saturated rings. The van der Waals surface area contributed by atoms with E-state index >= 15 is 0 Å². The van der Waals surface area contributed by atoms with Gasteiger partial charge in [-0.2, -0.15) is 4.98 Å². The molecule has 2 heterocycles. The van der Waals surface area contributed by atoms with Gasteiger partial charge in [0.05, 0.1) is 0 Å². The third kappa shape index (κ3) is 4.20. The summed E-state index contributed by atoms with van der Waals surface area (Å²) in [7, 11) is 0. The lowest BCUT2D eigenvalue weighted by atomic mass is 9.96. The SMILES string of the molecule is S=C(Nc1nc(Cl)cc(N2CCCC2)n1)NC1CCCCC1. The summed E-state index contributed by atoms with van der Waals surface area (Å²) in [5.41, 5.74) is 0. The van der Waals surface area contributed by atoms with E-state index in [2.05, 4.69) is 25.5 Å². The summed E-state index contributed by atoms with van der Waals surface area (Å²) in [6, 6.07) is 2.28. The maximum Gasteiger partial charge on any atom is 0.232 e. The van der Waals surface area contributed by atoms with Gasteiger partial charge in [0.15, 0.2) is 5.11 Å². The van der Waals surface area contributed by atoms with E-state index < -0.39 is 0 Å². The summed E-state index contributed by atoms with van der Waals surface area (Å²) in [4.78, 5) is 11.0. The van der Waals surface area contributed by atoms with Gasteiger partial charge >= 0.3 is 0 Å². The molecule has 1 saturated carbocycles. The minimum absolute atomic E-state index is 0.444. The first-order valence-corrected chi connectivity index (χ1v) is 8.86.